The minimum absolute atomic E-state index is 0. The topological polar surface area (TPSA) is 83.1 Å². The Morgan fingerprint density at radius 1 is 1.28 bits per heavy atom. The number of aryl methyl sites for hydroxylation is 2. The molecule has 1 unspecified atom stereocenters. The molecule has 13 heteroatoms. The predicted octanol–water partition coefficient (Wildman–Crippen LogP) is 1.87. The van der Waals surface area contributed by atoms with Gasteiger partial charge in [0.25, 0.3) is 5.91 Å². The zero-order valence-corrected chi connectivity index (χ0v) is 24.7. The largest absolute Gasteiger partial charge is 2.00 e. The van der Waals surface area contributed by atoms with Crippen LogP contribution in [-0.2, 0) is 59.0 Å². The van der Waals surface area contributed by atoms with Gasteiger partial charge in [0.2, 0.25) is 0 Å². The van der Waals surface area contributed by atoms with Gasteiger partial charge in [-0.2, -0.15) is 0 Å². The standard InChI is InChI=1S/C14H18N2O4.C5H10N2S4.Zn/c1-10-5-4-6-11(2)13(10)16(12(17)9-19-3)15-7-8-20-14(15)18;1-3(7-5(10)11)2-6-4(8)9;/h4-6H,7-9H2,1-3H3;3H,2H2,1H3,(H2,6,8,9)(H2,7,10,11);/q;;+2/p-2. The Labute approximate surface area is 223 Å². The number of hydrazine groups is 1. The number of cyclic esters (lactones) is 1. The van der Waals surface area contributed by atoms with Crippen molar-refractivity contribution in [2.45, 2.75) is 26.8 Å². The molecule has 172 valence electrons. The van der Waals surface area contributed by atoms with Gasteiger partial charge in [0, 0.05) is 19.7 Å². The van der Waals surface area contributed by atoms with Gasteiger partial charge in [0.1, 0.15) is 13.2 Å². The maximum atomic E-state index is 12.3. The van der Waals surface area contributed by atoms with E-state index in [0.717, 1.165) is 11.1 Å². The van der Waals surface area contributed by atoms with Gasteiger partial charge in [-0.15, -0.1) is 0 Å². The number of nitrogens with one attached hydrogen (secondary N) is 2. The third-order valence-electron chi connectivity index (χ3n) is 4.05. The van der Waals surface area contributed by atoms with Crippen LogP contribution in [0.1, 0.15) is 18.1 Å². The predicted molar refractivity (Wildman–Crippen MR) is 134 cm³/mol. The number of anilines is 1. The molecular weight excluding hydrogens is 542 g/mol. The normalized spacial score (nSPS) is 13.0. The molecule has 1 atom stereocenters. The minimum atomic E-state index is -0.517. The molecular formula is C19H26N4O4S4Zn. The van der Waals surface area contributed by atoms with E-state index in [9.17, 15) is 9.59 Å². The molecule has 1 heterocycles. The van der Waals surface area contributed by atoms with Crippen LogP contribution in [0.2, 0.25) is 0 Å². The molecule has 0 bridgehead atoms. The van der Waals surface area contributed by atoms with Crippen molar-refractivity contribution in [2.75, 3.05) is 38.4 Å². The third-order valence-corrected chi connectivity index (χ3v) is 4.58. The van der Waals surface area contributed by atoms with Gasteiger partial charge in [0.15, 0.2) is 0 Å². The molecule has 1 aromatic rings. The van der Waals surface area contributed by atoms with Crippen molar-refractivity contribution in [3.05, 3.63) is 29.3 Å². The van der Waals surface area contributed by atoms with E-state index in [1.54, 1.807) is 0 Å². The molecule has 2 amide bonds. The minimum Gasteiger partial charge on any atom is -0.446 e. The van der Waals surface area contributed by atoms with Crippen molar-refractivity contribution in [3.63, 3.8) is 0 Å². The molecule has 8 nitrogen and oxygen atoms in total. The SMILES string of the molecule is CC(CNC(=S)[S-])NC(=S)[S-].COCC(=O)N(c1c(C)cccc1C)N1CCOC1=O.[Zn+2]. The molecule has 1 aliphatic heterocycles. The summed E-state index contributed by atoms with van der Waals surface area (Å²) in [4.78, 5) is 24.1. The van der Waals surface area contributed by atoms with Gasteiger partial charge in [-0.25, -0.2) is 14.8 Å². The molecule has 1 aliphatic rings. The summed E-state index contributed by atoms with van der Waals surface area (Å²) in [5, 5.41) is 8.39. The number of ether oxygens (including phenoxy) is 2. The van der Waals surface area contributed by atoms with Gasteiger partial charge in [-0.3, -0.25) is 4.79 Å². The summed E-state index contributed by atoms with van der Waals surface area (Å²) < 4.78 is 10.6. The van der Waals surface area contributed by atoms with Gasteiger partial charge >= 0.3 is 25.6 Å². The van der Waals surface area contributed by atoms with Crippen LogP contribution < -0.4 is 15.6 Å². The molecule has 0 aromatic heterocycles. The van der Waals surface area contributed by atoms with Crippen LogP contribution in [0.5, 0.6) is 0 Å². The summed E-state index contributed by atoms with van der Waals surface area (Å²) in [7, 11) is 1.45. The summed E-state index contributed by atoms with van der Waals surface area (Å²) in [6, 6.07) is 5.88. The third kappa shape index (κ3) is 10.1. The van der Waals surface area contributed by atoms with E-state index >= 15 is 0 Å². The van der Waals surface area contributed by atoms with E-state index in [1.165, 1.54) is 17.1 Å². The van der Waals surface area contributed by atoms with Crippen molar-refractivity contribution in [1.29, 1.82) is 0 Å². The first kappa shape index (κ1) is 30.8. The Morgan fingerprint density at radius 2 is 1.88 bits per heavy atom. The number of para-hydroxylation sites is 1. The summed E-state index contributed by atoms with van der Waals surface area (Å²) in [6.45, 7) is 6.92. The molecule has 0 aliphatic carbocycles. The van der Waals surface area contributed by atoms with Crippen LogP contribution in [0.4, 0.5) is 10.5 Å². The fourth-order valence-corrected chi connectivity index (χ4v) is 3.33. The summed E-state index contributed by atoms with van der Waals surface area (Å²) in [5.74, 6) is -0.302. The van der Waals surface area contributed by atoms with Crippen molar-refractivity contribution in [2.24, 2.45) is 0 Å². The van der Waals surface area contributed by atoms with Crippen LogP contribution in [0, 0.1) is 13.8 Å². The Bertz CT molecular complexity index is 795. The zero-order chi connectivity index (χ0) is 23.6. The van der Waals surface area contributed by atoms with E-state index in [2.05, 4.69) is 60.3 Å². The van der Waals surface area contributed by atoms with Gasteiger partial charge < -0.3 is 69.8 Å². The number of benzene rings is 1. The summed E-state index contributed by atoms with van der Waals surface area (Å²) in [5.41, 5.74) is 2.52. The first-order valence-corrected chi connectivity index (χ1v) is 11.0. The number of carbonyl (C=O) groups is 2. The molecule has 2 N–H and O–H groups in total. The Balaban J connectivity index is 0.000000690. The number of methoxy groups -OCH3 is 1. The van der Waals surface area contributed by atoms with E-state index in [1.807, 2.05) is 39.0 Å². The number of carbonyl (C=O) groups excluding carboxylic acids is 2. The molecule has 2 rings (SSSR count). The van der Waals surface area contributed by atoms with Crippen LogP contribution in [0.25, 0.3) is 0 Å². The number of thiocarbonyl (C=S) groups is 2. The Hall–Kier alpha value is -1.24. The molecule has 1 fully saturated rings. The zero-order valence-electron chi connectivity index (χ0n) is 18.5. The van der Waals surface area contributed by atoms with Crippen molar-refractivity contribution in [1.82, 2.24) is 15.6 Å². The van der Waals surface area contributed by atoms with Gasteiger partial charge in [-0.05, 0) is 31.9 Å². The second-order valence-electron chi connectivity index (χ2n) is 6.62. The number of rotatable bonds is 7. The number of nitrogens with zero attached hydrogens (tertiary/aromatic N) is 2. The molecule has 1 saturated heterocycles. The number of hydrogen-bond donors (Lipinski definition) is 2. The first-order chi connectivity index (χ1) is 14.6. The van der Waals surface area contributed by atoms with Gasteiger partial charge in [0.05, 0.1) is 12.2 Å². The second-order valence-corrected chi connectivity index (χ2v) is 8.77. The van der Waals surface area contributed by atoms with Crippen molar-refractivity contribution >= 4 is 76.0 Å². The smallest absolute Gasteiger partial charge is 0.446 e. The maximum absolute atomic E-state index is 12.3. The van der Waals surface area contributed by atoms with E-state index in [4.69, 9.17) is 9.47 Å². The van der Waals surface area contributed by atoms with Gasteiger partial charge in [-0.1, -0.05) is 26.8 Å². The number of hydrogen-bond acceptors (Lipinski definition) is 8. The maximum Gasteiger partial charge on any atom is 2.00 e. The quantitative estimate of drug-likeness (QED) is 0.289. The summed E-state index contributed by atoms with van der Waals surface area (Å²) in [6.07, 6.45) is -0.517. The molecule has 32 heavy (non-hydrogen) atoms. The van der Waals surface area contributed by atoms with Crippen LogP contribution >= 0.6 is 24.4 Å². The molecule has 0 spiro atoms. The summed E-state index contributed by atoms with van der Waals surface area (Å²) >= 11 is 18.6. The van der Waals surface area contributed by atoms with E-state index in [0.29, 0.717) is 27.4 Å². The van der Waals surface area contributed by atoms with Crippen LogP contribution in [-0.4, -0.2) is 65.1 Å². The van der Waals surface area contributed by atoms with E-state index in [-0.39, 0.29) is 44.6 Å². The van der Waals surface area contributed by atoms with Crippen molar-refractivity contribution in [3.8, 4) is 0 Å². The second kappa shape index (κ2) is 15.6. The number of amides is 2. The first-order valence-electron chi connectivity index (χ1n) is 9.33. The molecule has 0 saturated carbocycles. The van der Waals surface area contributed by atoms with Crippen LogP contribution in [0.3, 0.4) is 0 Å². The molecule has 1 aromatic carbocycles. The van der Waals surface area contributed by atoms with Crippen LogP contribution in [0.15, 0.2) is 18.2 Å². The van der Waals surface area contributed by atoms with Crippen molar-refractivity contribution < 1.29 is 38.5 Å². The Morgan fingerprint density at radius 3 is 2.31 bits per heavy atom. The average molecular weight is 568 g/mol. The average Bonchev–Trinajstić information content (AvgIpc) is 3.09. The fourth-order valence-electron chi connectivity index (χ4n) is 2.76. The monoisotopic (exact) mass is 566 g/mol. The fraction of sp³-hybridized carbons (Fsp3) is 0.474. The van der Waals surface area contributed by atoms with E-state index < -0.39 is 6.09 Å². The molecule has 0 radical (unpaired) electrons. The Kier molecular flexibility index (Phi) is 15.0.